The van der Waals surface area contributed by atoms with Gasteiger partial charge in [-0.15, -0.1) is 0 Å². The van der Waals surface area contributed by atoms with Gasteiger partial charge in [-0.3, -0.25) is 19.8 Å². The number of halogens is 1. The van der Waals surface area contributed by atoms with E-state index in [1.54, 1.807) is 4.90 Å². The molecule has 0 aliphatic carbocycles. The van der Waals surface area contributed by atoms with Gasteiger partial charge in [0.15, 0.2) is 0 Å². The molecule has 1 fully saturated rings. The zero-order chi connectivity index (χ0) is 16.8. The standard InChI is InChI=1S/C15H19FN4O3/c1-17-15(23)18-13(21)10-19-6-8-20(9-7-19)14(22)11-2-4-12(16)5-3-11/h2-5H,6-10H2,1H3,(H2,17,18,21,23). The Morgan fingerprint density at radius 1 is 1.09 bits per heavy atom. The maximum atomic E-state index is 12.9. The molecule has 1 heterocycles. The summed E-state index contributed by atoms with van der Waals surface area (Å²) in [4.78, 5) is 38.5. The van der Waals surface area contributed by atoms with Crippen LogP contribution in [0.3, 0.4) is 0 Å². The monoisotopic (exact) mass is 322 g/mol. The number of carbonyl (C=O) groups is 3. The van der Waals surface area contributed by atoms with Crippen LogP contribution in [0.2, 0.25) is 0 Å². The van der Waals surface area contributed by atoms with Crippen LogP contribution in [-0.4, -0.2) is 67.4 Å². The highest BCUT2D eigenvalue weighted by atomic mass is 19.1. The van der Waals surface area contributed by atoms with E-state index in [1.807, 2.05) is 4.90 Å². The first-order chi connectivity index (χ1) is 11.0. The summed E-state index contributed by atoms with van der Waals surface area (Å²) in [5.74, 6) is -0.921. The fourth-order valence-corrected chi connectivity index (χ4v) is 2.32. The molecule has 0 atom stereocenters. The van der Waals surface area contributed by atoms with Crippen LogP contribution < -0.4 is 10.6 Å². The summed E-state index contributed by atoms with van der Waals surface area (Å²) in [5, 5.41) is 4.50. The highest BCUT2D eigenvalue weighted by Gasteiger charge is 2.23. The zero-order valence-electron chi connectivity index (χ0n) is 12.8. The molecule has 124 valence electrons. The number of carbonyl (C=O) groups excluding carboxylic acids is 3. The van der Waals surface area contributed by atoms with E-state index in [9.17, 15) is 18.8 Å². The minimum absolute atomic E-state index is 0.103. The van der Waals surface area contributed by atoms with Crippen LogP contribution >= 0.6 is 0 Å². The second-order valence-corrected chi connectivity index (χ2v) is 5.20. The third-order valence-corrected chi connectivity index (χ3v) is 3.60. The normalized spacial score (nSPS) is 15.1. The van der Waals surface area contributed by atoms with Gasteiger partial charge < -0.3 is 10.2 Å². The number of urea groups is 1. The number of piperazine rings is 1. The Kier molecular flexibility index (Phi) is 5.64. The van der Waals surface area contributed by atoms with E-state index in [0.29, 0.717) is 31.7 Å². The Labute approximate surface area is 133 Å². The molecule has 2 N–H and O–H groups in total. The molecule has 7 nitrogen and oxygen atoms in total. The minimum atomic E-state index is -0.542. The summed E-state index contributed by atoms with van der Waals surface area (Å²) in [6, 6.07) is 4.89. The Morgan fingerprint density at radius 2 is 1.70 bits per heavy atom. The van der Waals surface area contributed by atoms with Crippen molar-refractivity contribution in [1.29, 1.82) is 0 Å². The third kappa shape index (κ3) is 4.75. The van der Waals surface area contributed by atoms with Crippen molar-refractivity contribution in [2.75, 3.05) is 39.8 Å². The second-order valence-electron chi connectivity index (χ2n) is 5.20. The van der Waals surface area contributed by atoms with Gasteiger partial charge in [0.1, 0.15) is 5.82 Å². The summed E-state index contributed by atoms with van der Waals surface area (Å²) in [6.07, 6.45) is 0. The molecule has 1 aromatic carbocycles. The van der Waals surface area contributed by atoms with Gasteiger partial charge in [0.25, 0.3) is 5.91 Å². The van der Waals surface area contributed by atoms with Crippen LogP contribution in [0, 0.1) is 5.82 Å². The Hall–Kier alpha value is -2.48. The largest absolute Gasteiger partial charge is 0.341 e. The van der Waals surface area contributed by atoms with Gasteiger partial charge in [0.2, 0.25) is 5.91 Å². The lowest BCUT2D eigenvalue weighted by molar-refractivity contribution is -0.121. The number of benzene rings is 1. The van der Waals surface area contributed by atoms with E-state index < -0.39 is 6.03 Å². The average molecular weight is 322 g/mol. The molecule has 0 radical (unpaired) electrons. The van der Waals surface area contributed by atoms with Gasteiger partial charge in [-0.1, -0.05) is 0 Å². The van der Waals surface area contributed by atoms with E-state index >= 15 is 0 Å². The molecule has 4 amide bonds. The number of amides is 4. The van der Waals surface area contributed by atoms with Crippen LogP contribution in [0.25, 0.3) is 0 Å². The highest BCUT2D eigenvalue weighted by Crippen LogP contribution is 2.09. The number of rotatable bonds is 3. The second kappa shape index (κ2) is 7.68. The van der Waals surface area contributed by atoms with Crippen molar-refractivity contribution in [2.45, 2.75) is 0 Å². The van der Waals surface area contributed by atoms with Gasteiger partial charge >= 0.3 is 6.03 Å². The molecule has 0 spiro atoms. The third-order valence-electron chi connectivity index (χ3n) is 3.60. The number of hydrogen-bond acceptors (Lipinski definition) is 4. The molecule has 0 saturated carbocycles. The van der Waals surface area contributed by atoms with Crippen LogP contribution in [0.5, 0.6) is 0 Å². The summed E-state index contributed by atoms with van der Waals surface area (Å²) in [6.45, 7) is 2.13. The number of imide groups is 1. The van der Waals surface area contributed by atoms with Crippen molar-refractivity contribution < 1.29 is 18.8 Å². The number of nitrogens with zero attached hydrogens (tertiary/aromatic N) is 2. The first kappa shape index (κ1) is 16.9. The van der Waals surface area contributed by atoms with E-state index in [2.05, 4.69) is 10.6 Å². The van der Waals surface area contributed by atoms with Crippen molar-refractivity contribution in [1.82, 2.24) is 20.4 Å². The average Bonchev–Trinajstić information content (AvgIpc) is 2.55. The maximum Gasteiger partial charge on any atom is 0.321 e. The predicted octanol–water partition coefficient (Wildman–Crippen LogP) is 0.0391. The van der Waals surface area contributed by atoms with Crippen molar-refractivity contribution in [3.63, 3.8) is 0 Å². The predicted molar refractivity (Wildman–Crippen MR) is 81.3 cm³/mol. The highest BCUT2D eigenvalue weighted by molar-refractivity contribution is 5.95. The van der Waals surface area contributed by atoms with Crippen molar-refractivity contribution >= 4 is 17.8 Å². The molecule has 0 aromatic heterocycles. The molecule has 0 unspecified atom stereocenters. The van der Waals surface area contributed by atoms with Crippen LogP contribution in [0.1, 0.15) is 10.4 Å². The molecule has 0 bridgehead atoms. The SMILES string of the molecule is CNC(=O)NC(=O)CN1CCN(C(=O)c2ccc(F)cc2)CC1. The Balaban J connectivity index is 1.81. The van der Waals surface area contributed by atoms with E-state index in [1.165, 1.54) is 31.3 Å². The van der Waals surface area contributed by atoms with Crippen molar-refractivity contribution in [2.24, 2.45) is 0 Å². The van der Waals surface area contributed by atoms with Crippen molar-refractivity contribution in [3.05, 3.63) is 35.6 Å². The Bertz CT molecular complexity index is 583. The van der Waals surface area contributed by atoms with Crippen LogP contribution in [-0.2, 0) is 4.79 Å². The summed E-state index contributed by atoms with van der Waals surface area (Å²) < 4.78 is 12.9. The van der Waals surface area contributed by atoms with Gasteiger partial charge in [-0.25, -0.2) is 9.18 Å². The van der Waals surface area contributed by atoms with Gasteiger partial charge in [0.05, 0.1) is 6.54 Å². The summed E-state index contributed by atoms with van der Waals surface area (Å²) in [5.41, 5.74) is 0.442. The van der Waals surface area contributed by atoms with E-state index in [0.717, 1.165) is 0 Å². The summed E-state index contributed by atoms with van der Waals surface area (Å²) in [7, 11) is 1.43. The molecule has 2 rings (SSSR count). The molecular formula is C15H19FN4O3. The maximum absolute atomic E-state index is 12.9. The first-order valence-electron chi connectivity index (χ1n) is 7.28. The van der Waals surface area contributed by atoms with E-state index in [4.69, 9.17) is 0 Å². The fourth-order valence-electron chi connectivity index (χ4n) is 2.32. The molecule has 8 heteroatoms. The molecule has 1 saturated heterocycles. The lowest BCUT2D eigenvalue weighted by atomic mass is 10.2. The van der Waals surface area contributed by atoms with Gasteiger partial charge in [-0.05, 0) is 24.3 Å². The van der Waals surface area contributed by atoms with Crippen LogP contribution in [0.15, 0.2) is 24.3 Å². The lowest BCUT2D eigenvalue weighted by Gasteiger charge is -2.34. The Morgan fingerprint density at radius 3 is 2.26 bits per heavy atom. The zero-order valence-corrected chi connectivity index (χ0v) is 12.8. The minimum Gasteiger partial charge on any atom is -0.341 e. The number of nitrogens with one attached hydrogen (secondary N) is 2. The van der Waals surface area contributed by atoms with E-state index in [-0.39, 0.29) is 24.2 Å². The van der Waals surface area contributed by atoms with Gasteiger partial charge in [-0.2, -0.15) is 0 Å². The van der Waals surface area contributed by atoms with Crippen molar-refractivity contribution in [3.8, 4) is 0 Å². The number of hydrogen-bond donors (Lipinski definition) is 2. The molecule has 1 aliphatic rings. The first-order valence-corrected chi connectivity index (χ1v) is 7.28. The fraction of sp³-hybridized carbons (Fsp3) is 0.400. The lowest BCUT2D eigenvalue weighted by Crippen LogP contribution is -2.52. The van der Waals surface area contributed by atoms with Gasteiger partial charge in [0, 0.05) is 38.8 Å². The smallest absolute Gasteiger partial charge is 0.321 e. The topological polar surface area (TPSA) is 81.8 Å². The summed E-state index contributed by atoms with van der Waals surface area (Å²) >= 11 is 0. The quantitative estimate of drug-likeness (QED) is 0.823. The molecule has 1 aliphatic heterocycles. The van der Waals surface area contributed by atoms with Crippen LogP contribution in [0.4, 0.5) is 9.18 Å². The molecule has 1 aromatic rings. The molecular weight excluding hydrogens is 303 g/mol. The molecule has 23 heavy (non-hydrogen) atoms.